The summed E-state index contributed by atoms with van der Waals surface area (Å²) < 4.78 is 19.4. The highest BCUT2D eigenvalue weighted by Crippen LogP contribution is 2.43. The summed E-state index contributed by atoms with van der Waals surface area (Å²) in [5.41, 5.74) is 1.54. The number of benzene rings is 1. The molecule has 3 rings (SSSR count). The summed E-state index contributed by atoms with van der Waals surface area (Å²) in [5.74, 6) is 0.809. The lowest BCUT2D eigenvalue weighted by molar-refractivity contribution is 0.0582. The summed E-state index contributed by atoms with van der Waals surface area (Å²) >= 11 is 0. The molecule has 0 saturated heterocycles. The monoisotopic (exact) mass is 331 g/mol. The maximum absolute atomic E-state index is 13.2. The first-order valence-corrected chi connectivity index (χ1v) is 9.43. The summed E-state index contributed by atoms with van der Waals surface area (Å²) in [6, 6.07) is 8.04. The summed E-state index contributed by atoms with van der Waals surface area (Å²) in [6.07, 6.45) is 2.59. The fourth-order valence-electron chi connectivity index (χ4n) is 2.83. The molecule has 0 fully saturated rings. The van der Waals surface area contributed by atoms with Crippen molar-refractivity contribution < 1.29 is 8.95 Å². The standard InChI is InChI=1S/C19H25NO2S/c1-6-18(2,3)20-17-14-10-8-7-9-13(14)16-15(23(17)21)11-12-19(4,5)22-16/h7-10H,6,11-12H2,1-5H3. The first-order valence-electron chi connectivity index (χ1n) is 8.28. The molecule has 124 valence electrons. The Kier molecular flexibility index (Phi) is 3.99. The van der Waals surface area contributed by atoms with Gasteiger partial charge in [-0.3, -0.25) is 4.99 Å². The second kappa shape index (κ2) is 5.59. The van der Waals surface area contributed by atoms with Crippen LogP contribution in [-0.4, -0.2) is 20.4 Å². The van der Waals surface area contributed by atoms with Gasteiger partial charge in [0.1, 0.15) is 27.2 Å². The van der Waals surface area contributed by atoms with Crippen LogP contribution in [0.15, 0.2) is 34.2 Å². The van der Waals surface area contributed by atoms with Crippen LogP contribution in [0.4, 0.5) is 0 Å². The topological polar surface area (TPSA) is 38.7 Å². The molecule has 0 spiro atoms. The third kappa shape index (κ3) is 3.01. The highest BCUT2D eigenvalue weighted by molar-refractivity contribution is 8.04. The van der Waals surface area contributed by atoms with Gasteiger partial charge in [-0.05, 0) is 47.0 Å². The maximum Gasteiger partial charge on any atom is 0.140 e. The van der Waals surface area contributed by atoms with Crippen molar-refractivity contribution in [3.8, 4) is 0 Å². The molecule has 2 aliphatic rings. The molecule has 0 amide bonds. The minimum Gasteiger partial charge on any atom is -0.486 e. The van der Waals surface area contributed by atoms with Gasteiger partial charge in [0.25, 0.3) is 0 Å². The average molecular weight is 331 g/mol. The van der Waals surface area contributed by atoms with Crippen molar-refractivity contribution in [3.63, 3.8) is 0 Å². The number of aliphatic imine (C=N–C) groups is 1. The van der Waals surface area contributed by atoms with Gasteiger partial charge in [0.05, 0.1) is 10.4 Å². The zero-order chi connectivity index (χ0) is 16.8. The summed E-state index contributed by atoms with van der Waals surface area (Å²) in [7, 11) is -1.23. The smallest absolute Gasteiger partial charge is 0.140 e. The summed E-state index contributed by atoms with van der Waals surface area (Å²) in [6.45, 7) is 10.5. The number of hydrogen-bond donors (Lipinski definition) is 0. The predicted octanol–water partition coefficient (Wildman–Crippen LogP) is 4.64. The van der Waals surface area contributed by atoms with Crippen LogP contribution in [0.2, 0.25) is 0 Å². The van der Waals surface area contributed by atoms with Crippen molar-refractivity contribution in [2.75, 3.05) is 0 Å². The van der Waals surface area contributed by atoms with E-state index in [4.69, 9.17) is 9.73 Å². The summed E-state index contributed by atoms with van der Waals surface area (Å²) in [5, 5.41) is 0.703. The Morgan fingerprint density at radius 3 is 2.57 bits per heavy atom. The van der Waals surface area contributed by atoms with Crippen LogP contribution in [-0.2, 0) is 15.5 Å². The number of hydrogen-bond acceptors (Lipinski definition) is 3. The highest BCUT2D eigenvalue weighted by Gasteiger charge is 2.38. The summed E-state index contributed by atoms with van der Waals surface area (Å²) in [4.78, 5) is 5.76. The molecule has 0 radical (unpaired) electrons. The van der Waals surface area contributed by atoms with Crippen LogP contribution < -0.4 is 0 Å². The van der Waals surface area contributed by atoms with E-state index in [-0.39, 0.29) is 11.1 Å². The first kappa shape index (κ1) is 16.4. The van der Waals surface area contributed by atoms with E-state index in [1.54, 1.807) is 0 Å². The number of ether oxygens (including phenoxy) is 1. The van der Waals surface area contributed by atoms with E-state index in [1.165, 1.54) is 0 Å². The maximum atomic E-state index is 13.2. The van der Waals surface area contributed by atoms with Crippen molar-refractivity contribution >= 4 is 21.6 Å². The van der Waals surface area contributed by atoms with Crippen LogP contribution in [0.25, 0.3) is 5.76 Å². The Morgan fingerprint density at radius 2 is 1.91 bits per heavy atom. The van der Waals surface area contributed by atoms with Gasteiger partial charge in [-0.1, -0.05) is 31.2 Å². The Hall–Kier alpha value is -1.42. The Morgan fingerprint density at radius 1 is 1.26 bits per heavy atom. The van der Waals surface area contributed by atoms with Gasteiger partial charge >= 0.3 is 0 Å². The third-order valence-electron chi connectivity index (χ3n) is 4.66. The number of nitrogens with zero attached hydrogens (tertiary/aromatic N) is 1. The van der Waals surface area contributed by atoms with Gasteiger partial charge in [-0.25, -0.2) is 4.21 Å². The molecule has 1 aromatic rings. The molecule has 4 heteroatoms. The van der Waals surface area contributed by atoms with Gasteiger partial charge in [0, 0.05) is 11.1 Å². The largest absolute Gasteiger partial charge is 0.486 e. The normalized spacial score (nSPS) is 24.9. The quantitative estimate of drug-likeness (QED) is 0.792. The first-order chi connectivity index (χ1) is 10.7. The lowest BCUT2D eigenvalue weighted by Gasteiger charge is -2.37. The van der Waals surface area contributed by atoms with Crippen molar-refractivity contribution in [2.45, 2.75) is 65.0 Å². The van der Waals surface area contributed by atoms with Crippen molar-refractivity contribution in [3.05, 3.63) is 40.3 Å². The molecule has 2 aliphatic heterocycles. The molecule has 0 bridgehead atoms. The number of allylic oxidation sites excluding steroid dienone is 1. The molecule has 1 atom stereocenters. The molecule has 0 aliphatic carbocycles. The van der Waals surface area contributed by atoms with Crippen LogP contribution in [0.5, 0.6) is 0 Å². The molecule has 2 heterocycles. The van der Waals surface area contributed by atoms with Gasteiger partial charge in [-0.15, -0.1) is 0 Å². The molecule has 1 aromatic carbocycles. The molecule has 23 heavy (non-hydrogen) atoms. The van der Waals surface area contributed by atoms with E-state index in [0.29, 0.717) is 5.04 Å². The third-order valence-corrected chi connectivity index (χ3v) is 6.16. The lowest BCUT2D eigenvalue weighted by atomic mass is 9.95. The van der Waals surface area contributed by atoms with Gasteiger partial charge in [0.2, 0.25) is 0 Å². The minimum atomic E-state index is -1.23. The molecule has 3 nitrogen and oxygen atoms in total. The van der Waals surface area contributed by atoms with Gasteiger partial charge in [-0.2, -0.15) is 0 Å². The van der Waals surface area contributed by atoms with E-state index in [0.717, 1.165) is 41.1 Å². The average Bonchev–Trinajstić information content (AvgIpc) is 2.50. The molecule has 1 unspecified atom stereocenters. The zero-order valence-electron chi connectivity index (χ0n) is 14.6. The van der Waals surface area contributed by atoms with Crippen LogP contribution in [0.3, 0.4) is 0 Å². The van der Waals surface area contributed by atoms with Crippen molar-refractivity contribution in [1.82, 2.24) is 0 Å². The fraction of sp³-hybridized carbons (Fsp3) is 0.526. The van der Waals surface area contributed by atoms with E-state index in [1.807, 2.05) is 18.2 Å². The van der Waals surface area contributed by atoms with Gasteiger partial charge < -0.3 is 4.74 Å². The van der Waals surface area contributed by atoms with E-state index >= 15 is 0 Å². The Labute approximate surface area is 141 Å². The van der Waals surface area contributed by atoms with E-state index in [9.17, 15) is 4.21 Å². The van der Waals surface area contributed by atoms with Crippen molar-refractivity contribution in [1.29, 1.82) is 0 Å². The molecular formula is C19H25NO2S. The van der Waals surface area contributed by atoms with Crippen LogP contribution in [0, 0.1) is 0 Å². The number of fused-ring (bicyclic) bond motifs is 2. The minimum absolute atomic E-state index is 0.215. The highest BCUT2D eigenvalue weighted by atomic mass is 32.2. The number of rotatable bonds is 2. The molecule has 0 aromatic heterocycles. The lowest BCUT2D eigenvalue weighted by Crippen LogP contribution is -2.33. The van der Waals surface area contributed by atoms with E-state index in [2.05, 4.69) is 40.7 Å². The van der Waals surface area contributed by atoms with Crippen LogP contribution >= 0.6 is 0 Å². The Balaban J connectivity index is 2.20. The molecular weight excluding hydrogens is 306 g/mol. The fourth-order valence-corrected chi connectivity index (χ4v) is 4.38. The Bertz CT molecular complexity index is 729. The van der Waals surface area contributed by atoms with E-state index < -0.39 is 10.8 Å². The predicted molar refractivity (Wildman–Crippen MR) is 96.8 cm³/mol. The SMILES string of the molecule is CCC(C)(C)N=C1c2ccccc2C2=C(CCC(C)(C)O2)S1=O. The zero-order valence-corrected chi connectivity index (χ0v) is 15.4. The molecule has 0 N–H and O–H groups in total. The van der Waals surface area contributed by atoms with Gasteiger partial charge in [0.15, 0.2) is 0 Å². The van der Waals surface area contributed by atoms with Crippen LogP contribution in [0.1, 0.15) is 65.0 Å². The second-order valence-corrected chi connectivity index (χ2v) is 8.93. The molecule has 0 saturated carbocycles. The second-order valence-electron chi connectivity index (χ2n) is 7.51. The van der Waals surface area contributed by atoms with Crippen molar-refractivity contribution in [2.24, 2.45) is 4.99 Å².